The van der Waals surface area contributed by atoms with Gasteiger partial charge in [-0.25, -0.2) is 4.79 Å². The highest BCUT2D eigenvalue weighted by atomic mass is 32.2. The quantitative estimate of drug-likeness (QED) is 0.575. The van der Waals surface area contributed by atoms with Crippen molar-refractivity contribution in [1.82, 2.24) is 9.47 Å². The first-order valence-electron chi connectivity index (χ1n) is 8.99. The van der Waals surface area contributed by atoms with E-state index in [9.17, 15) is 19.2 Å². The number of carboxylic acid groups (broad SMARTS) is 1. The smallest absolute Gasteiger partial charge is 0.337 e. The lowest BCUT2D eigenvalue weighted by molar-refractivity contribution is -0.140. The summed E-state index contributed by atoms with van der Waals surface area (Å²) < 4.78 is 6.76. The first-order chi connectivity index (χ1) is 14.1. The highest BCUT2D eigenvalue weighted by Gasteiger charge is 2.36. The zero-order valence-electron chi connectivity index (χ0n) is 16.9. The second kappa shape index (κ2) is 8.19. The Morgan fingerprint density at radius 3 is 2.50 bits per heavy atom. The second-order valence-corrected chi connectivity index (χ2v) is 7.81. The van der Waals surface area contributed by atoms with Gasteiger partial charge in [-0.2, -0.15) is 0 Å². The minimum atomic E-state index is -1.25. The molecule has 1 aliphatic heterocycles. The molecule has 156 valence electrons. The first kappa shape index (κ1) is 21.4. The molecule has 0 aliphatic carbocycles. The summed E-state index contributed by atoms with van der Waals surface area (Å²) in [6.45, 7) is 5.02. The number of amides is 2. The molecule has 0 saturated carbocycles. The molecule has 0 atom stereocenters. The van der Waals surface area contributed by atoms with Crippen molar-refractivity contribution in [3.05, 3.63) is 57.2 Å². The average molecular weight is 428 g/mol. The number of thioether (sulfide) groups is 1. The van der Waals surface area contributed by atoms with E-state index >= 15 is 0 Å². The Labute approximate surface area is 177 Å². The highest BCUT2D eigenvalue weighted by molar-refractivity contribution is 8.18. The molecule has 8 nitrogen and oxygen atoms in total. The van der Waals surface area contributed by atoms with Crippen molar-refractivity contribution in [3.63, 3.8) is 0 Å². The van der Waals surface area contributed by atoms with Crippen LogP contribution in [0.5, 0.6) is 0 Å². The maximum Gasteiger partial charge on any atom is 0.337 e. The van der Waals surface area contributed by atoms with Crippen molar-refractivity contribution >= 4 is 40.9 Å². The molecule has 1 N–H and O–H groups in total. The van der Waals surface area contributed by atoms with E-state index in [1.54, 1.807) is 18.2 Å². The summed E-state index contributed by atoms with van der Waals surface area (Å²) in [4.78, 5) is 48.1. The van der Waals surface area contributed by atoms with Crippen molar-refractivity contribution in [2.45, 2.75) is 20.8 Å². The lowest BCUT2D eigenvalue weighted by Gasteiger charge is -2.14. The van der Waals surface area contributed by atoms with Gasteiger partial charge in [-0.15, -0.1) is 0 Å². The number of aryl methyl sites for hydroxylation is 2. The number of hydrogen-bond acceptors (Lipinski definition) is 6. The molecule has 1 aromatic heterocycles. The average Bonchev–Trinajstić information content (AvgIpc) is 3.11. The van der Waals surface area contributed by atoms with Crippen LogP contribution in [-0.2, 0) is 14.3 Å². The number of benzene rings is 1. The summed E-state index contributed by atoms with van der Waals surface area (Å²) in [5.41, 5.74) is 4.55. The summed E-state index contributed by atoms with van der Waals surface area (Å²) in [7, 11) is 1.32. The van der Waals surface area contributed by atoms with Gasteiger partial charge in [-0.05, 0) is 67.9 Å². The van der Waals surface area contributed by atoms with Crippen molar-refractivity contribution < 1.29 is 29.0 Å². The molecule has 2 heterocycles. The van der Waals surface area contributed by atoms with Gasteiger partial charge in [-0.3, -0.25) is 19.3 Å². The number of rotatable bonds is 5. The van der Waals surface area contributed by atoms with Crippen molar-refractivity contribution in [2.24, 2.45) is 0 Å². The number of ether oxygens (including phenoxy) is 1. The van der Waals surface area contributed by atoms with Crippen LogP contribution < -0.4 is 0 Å². The van der Waals surface area contributed by atoms with E-state index < -0.39 is 29.6 Å². The van der Waals surface area contributed by atoms with E-state index in [0.717, 1.165) is 28.2 Å². The molecular weight excluding hydrogens is 408 g/mol. The fourth-order valence-corrected chi connectivity index (χ4v) is 4.14. The molecule has 3 rings (SSSR count). The monoisotopic (exact) mass is 428 g/mol. The summed E-state index contributed by atoms with van der Waals surface area (Å²) in [5, 5.41) is 8.28. The van der Waals surface area contributed by atoms with Crippen molar-refractivity contribution in [3.8, 4) is 5.69 Å². The van der Waals surface area contributed by atoms with Gasteiger partial charge in [0.25, 0.3) is 11.1 Å². The number of hydrogen-bond donors (Lipinski definition) is 1. The number of nitrogens with zero attached hydrogens (tertiary/aromatic N) is 2. The second-order valence-electron chi connectivity index (χ2n) is 6.82. The van der Waals surface area contributed by atoms with Crippen molar-refractivity contribution in [1.29, 1.82) is 0 Å². The Morgan fingerprint density at radius 1 is 1.17 bits per heavy atom. The lowest BCUT2D eigenvalue weighted by Crippen LogP contribution is -2.33. The maximum absolute atomic E-state index is 12.4. The van der Waals surface area contributed by atoms with E-state index in [-0.39, 0.29) is 4.91 Å². The molecule has 0 spiro atoms. The number of methoxy groups -OCH3 is 1. The minimum absolute atomic E-state index is 0.168. The molecule has 2 aromatic rings. The molecule has 0 bridgehead atoms. The molecule has 1 aliphatic rings. The van der Waals surface area contributed by atoms with Gasteiger partial charge in [0.2, 0.25) is 0 Å². The topological polar surface area (TPSA) is 106 Å². The third kappa shape index (κ3) is 3.88. The number of imide groups is 1. The lowest BCUT2D eigenvalue weighted by atomic mass is 10.1. The summed E-state index contributed by atoms with van der Waals surface area (Å²) in [6, 6.07) is 7.13. The summed E-state index contributed by atoms with van der Waals surface area (Å²) in [5.74, 6) is -2.31. The number of aromatic nitrogens is 1. The molecule has 30 heavy (non-hydrogen) atoms. The summed E-state index contributed by atoms with van der Waals surface area (Å²) in [6.07, 6.45) is 1.59. The first-order valence-corrected chi connectivity index (χ1v) is 9.81. The van der Waals surface area contributed by atoms with Crippen LogP contribution >= 0.6 is 11.8 Å². The number of carbonyl (C=O) groups excluding carboxylic acids is 3. The van der Waals surface area contributed by atoms with Crippen LogP contribution in [0.25, 0.3) is 11.8 Å². The molecule has 9 heteroatoms. The molecule has 1 saturated heterocycles. The van der Waals surface area contributed by atoms with Gasteiger partial charge >= 0.3 is 11.9 Å². The zero-order valence-corrected chi connectivity index (χ0v) is 17.7. The summed E-state index contributed by atoms with van der Waals surface area (Å²) >= 11 is 0.715. The Balaban J connectivity index is 2.03. The standard InChI is InChI=1S/C21H20N2O6S/c1-11-5-6-14(20(27)29-4)8-16(11)23-12(2)7-15(13(23)3)9-17-19(26)22(10-18(24)25)21(28)30-17/h5-9H,10H2,1-4H3,(H,24,25)/b17-9+. The van der Waals surface area contributed by atoms with Gasteiger partial charge in [0.15, 0.2) is 0 Å². The van der Waals surface area contributed by atoms with Gasteiger partial charge < -0.3 is 14.4 Å². The fourth-order valence-electron chi connectivity index (χ4n) is 3.31. The predicted molar refractivity (Wildman–Crippen MR) is 112 cm³/mol. The van der Waals surface area contributed by atoms with Gasteiger partial charge in [0.1, 0.15) is 6.54 Å². The maximum atomic E-state index is 12.4. The van der Waals surface area contributed by atoms with Crippen LogP contribution in [-0.4, -0.2) is 51.3 Å². The molecular formula is C21H20N2O6S. The van der Waals surface area contributed by atoms with E-state index in [0.29, 0.717) is 22.2 Å². The Hall–Kier alpha value is -3.33. The normalized spacial score (nSPS) is 15.2. The largest absolute Gasteiger partial charge is 0.480 e. The number of aliphatic carboxylic acids is 1. The van der Waals surface area contributed by atoms with Crippen LogP contribution in [0.4, 0.5) is 4.79 Å². The number of esters is 1. The molecule has 0 unspecified atom stereocenters. The highest BCUT2D eigenvalue weighted by Crippen LogP contribution is 2.34. The Kier molecular flexibility index (Phi) is 5.84. The van der Waals surface area contributed by atoms with E-state index in [4.69, 9.17) is 9.84 Å². The number of carbonyl (C=O) groups is 4. The van der Waals surface area contributed by atoms with Crippen LogP contribution in [0.3, 0.4) is 0 Å². The zero-order chi connectivity index (χ0) is 22.2. The third-order valence-electron chi connectivity index (χ3n) is 4.79. The minimum Gasteiger partial charge on any atom is -0.480 e. The van der Waals surface area contributed by atoms with Gasteiger partial charge in [0, 0.05) is 17.1 Å². The number of carboxylic acids is 1. The van der Waals surface area contributed by atoms with Crippen LogP contribution in [0.15, 0.2) is 29.2 Å². The van der Waals surface area contributed by atoms with E-state index in [2.05, 4.69) is 0 Å². The third-order valence-corrected chi connectivity index (χ3v) is 5.70. The molecule has 1 fully saturated rings. The van der Waals surface area contributed by atoms with Gasteiger partial charge in [-0.1, -0.05) is 6.07 Å². The Bertz CT molecular complexity index is 1110. The SMILES string of the molecule is COC(=O)c1ccc(C)c(-n2c(C)cc(/C=C3/SC(=O)N(CC(=O)O)C3=O)c2C)c1. The van der Waals surface area contributed by atoms with E-state index in [1.165, 1.54) is 7.11 Å². The van der Waals surface area contributed by atoms with Crippen LogP contribution in [0.2, 0.25) is 0 Å². The molecule has 0 radical (unpaired) electrons. The fraction of sp³-hybridized carbons (Fsp3) is 0.238. The van der Waals surface area contributed by atoms with E-state index in [1.807, 2.05) is 37.5 Å². The van der Waals surface area contributed by atoms with Crippen LogP contribution in [0, 0.1) is 20.8 Å². The Morgan fingerprint density at radius 2 is 1.87 bits per heavy atom. The predicted octanol–water partition coefficient (Wildman–Crippen LogP) is 3.31. The van der Waals surface area contributed by atoms with Gasteiger partial charge in [0.05, 0.1) is 17.6 Å². The van der Waals surface area contributed by atoms with Crippen LogP contribution in [0.1, 0.15) is 32.9 Å². The molecule has 1 aromatic carbocycles. The molecule has 2 amide bonds. The van der Waals surface area contributed by atoms with Crippen molar-refractivity contribution in [2.75, 3.05) is 13.7 Å².